The van der Waals surface area contributed by atoms with Crippen LogP contribution in [0.4, 0.5) is 5.69 Å². The van der Waals surface area contributed by atoms with Gasteiger partial charge in [0.1, 0.15) is 5.75 Å². The van der Waals surface area contributed by atoms with E-state index in [4.69, 9.17) is 22.1 Å². The van der Waals surface area contributed by atoms with Crippen LogP contribution in [0.2, 0.25) is 5.02 Å². The molecule has 0 aliphatic heterocycles. The van der Waals surface area contributed by atoms with Gasteiger partial charge in [0, 0.05) is 24.3 Å². The van der Waals surface area contributed by atoms with Gasteiger partial charge in [-0.05, 0) is 42.0 Å². The molecule has 0 radical (unpaired) electrons. The molecule has 0 amide bonds. The normalized spacial score (nSPS) is 12.0. The molecule has 106 valence electrons. The van der Waals surface area contributed by atoms with Crippen LogP contribution in [0.25, 0.3) is 0 Å². The number of ether oxygens (including phenoxy) is 1. The lowest BCUT2D eigenvalue weighted by molar-refractivity contribution is 0.415. The third-order valence-electron chi connectivity index (χ3n) is 3.40. The van der Waals surface area contributed by atoms with Crippen molar-refractivity contribution in [3.8, 4) is 5.75 Å². The SMILES string of the molecule is COc1ccc(N(C)C(CN)c2cccc(Cl)c2)cc1. The number of anilines is 1. The Labute approximate surface area is 124 Å². The van der Waals surface area contributed by atoms with E-state index < -0.39 is 0 Å². The summed E-state index contributed by atoms with van der Waals surface area (Å²) in [4.78, 5) is 2.14. The molecule has 2 aromatic carbocycles. The van der Waals surface area contributed by atoms with E-state index in [-0.39, 0.29) is 6.04 Å². The summed E-state index contributed by atoms with van der Waals surface area (Å²) < 4.78 is 5.18. The van der Waals surface area contributed by atoms with E-state index in [2.05, 4.69) is 4.90 Å². The van der Waals surface area contributed by atoms with Gasteiger partial charge in [0.25, 0.3) is 0 Å². The summed E-state index contributed by atoms with van der Waals surface area (Å²) in [7, 11) is 3.69. The molecular weight excluding hydrogens is 272 g/mol. The summed E-state index contributed by atoms with van der Waals surface area (Å²) >= 11 is 6.06. The maximum absolute atomic E-state index is 6.06. The van der Waals surface area contributed by atoms with Crippen molar-refractivity contribution in [2.24, 2.45) is 5.73 Å². The first-order valence-corrected chi connectivity index (χ1v) is 6.86. The number of hydrogen-bond donors (Lipinski definition) is 1. The first-order chi connectivity index (χ1) is 9.65. The van der Waals surface area contributed by atoms with Crippen molar-refractivity contribution in [3.63, 3.8) is 0 Å². The average Bonchev–Trinajstić information content (AvgIpc) is 2.48. The van der Waals surface area contributed by atoms with Crippen molar-refractivity contribution in [1.29, 1.82) is 0 Å². The van der Waals surface area contributed by atoms with E-state index in [1.807, 2.05) is 55.6 Å². The molecule has 2 aromatic rings. The second-order valence-electron chi connectivity index (χ2n) is 4.62. The molecule has 0 aromatic heterocycles. The molecule has 3 nitrogen and oxygen atoms in total. The van der Waals surface area contributed by atoms with Crippen molar-refractivity contribution in [2.75, 3.05) is 25.6 Å². The Balaban J connectivity index is 2.26. The van der Waals surface area contributed by atoms with Crippen LogP contribution in [-0.2, 0) is 0 Å². The van der Waals surface area contributed by atoms with Gasteiger partial charge < -0.3 is 15.4 Å². The molecule has 1 unspecified atom stereocenters. The number of rotatable bonds is 5. The highest BCUT2D eigenvalue weighted by atomic mass is 35.5. The molecule has 0 aliphatic rings. The van der Waals surface area contributed by atoms with Crippen LogP contribution in [-0.4, -0.2) is 20.7 Å². The zero-order chi connectivity index (χ0) is 14.5. The predicted octanol–water partition coefficient (Wildman–Crippen LogP) is 3.48. The maximum atomic E-state index is 6.06. The lowest BCUT2D eigenvalue weighted by atomic mass is 10.1. The molecule has 0 bridgehead atoms. The lowest BCUT2D eigenvalue weighted by Crippen LogP contribution is -2.30. The lowest BCUT2D eigenvalue weighted by Gasteiger charge is -2.29. The van der Waals surface area contributed by atoms with E-state index in [0.29, 0.717) is 6.54 Å². The minimum atomic E-state index is 0.0853. The Hall–Kier alpha value is -1.71. The number of benzene rings is 2. The van der Waals surface area contributed by atoms with Crippen molar-refractivity contribution >= 4 is 17.3 Å². The number of nitrogens with zero attached hydrogens (tertiary/aromatic N) is 1. The topological polar surface area (TPSA) is 38.5 Å². The molecule has 0 heterocycles. The molecule has 0 fully saturated rings. The summed E-state index contributed by atoms with van der Waals surface area (Å²) in [5.41, 5.74) is 8.13. The second kappa shape index (κ2) is 6.64. The molecule has 0 aliphatic carbocycles. The number of halogens is 1. The Morgan fingerprint density at radius 1 is 1.20 bits per heavy atom. The fourth-order valence-electron chi connectivity index (χ4n) is 2.23. The van der Waals surface area contributed by atoms with Gasteiger partial charge >= 0.3 is 0 Å². The van der Waals surface area contributed by atoms with Gasteiger partial charge in [0.05, 0.1) is 13.2 Å². The van der Waals surface area contributed by atoms with Crippen LogP contribution in [0, 0.1) is 0 Å². The van der Waals surface area contributed by atoms with E-state index in [0.717, 1.165) is 22.0 Å². The Morgan fingerprint density at radius 3 is 2.45 bits per heavy atom. The largest absolute Gasteiger partial charge is 0.497 e. The Kier molecular flexibility index (Phi) is 4.88. The zero-order valence-corrected chi connectivity index (χ0v) is 12.5. The molecule has 4 heteroatoms. The first kappa shape index (κ1) is 14.7. The predicted molar refractivity (Wildman–Crippen MR) is 84.6 cm³/mol. The van der Waals surface area contributed by atoms with Crippen LogP contribution >= 0.6 is 11.6 Å². The first-order valence-electron chi connectivity index (χ1n) is 6.48. The fraction of sp³-hybridized carbons (Fsp3) is 0.250. The van der Waals surface area contributed by atoms with Gasteiger partial charge in [0.15, 0.2) is 0 Å². The quantitative estimate of drug-likeness (QED) is 0.916. The van der Waals surface area contributed by atoms with Crippen LogP contribution in [0.1, 0.15) is 11.6 Å². The molecular formula is C16H19ClN2O. The maximum Gasteiger partial charge on any atom is 0.119 e. The summed E-state index contributed by atoms with van der Waals surface area (Å²) in [6, 6.07) is 15.8. The average molecular weight is 291 g/mol. The minimum Gasteiger partial charge on any atom is -0.497 e. The fourth-order valence-corrected chi connectivity index (χ4v) is 2.43. The minimum absolute atomic E-state index is 0.0853. The highest BCUT2D eigenvalue weighted by molar-refractivity contribution is 6.30. The van der Waals surface area contributed by atoms with Gasteiger partial charge in [-0.1, -0.05) is 23.7 Å². The third kappa shape index (κ3) is 3.24. The molecule has 0 saturated heterocycles. The van der Waals surface area contributed by atoms with E-state index >= 15 is 0 Å². The van der Waals surface area contributed by atoms with Gasteiger partial charge in [-0.3, -0.25) is 0 Å². The van der Waals surface area contributed by atoms with Crippen molar-refractivity contribution in [1.82, 2.24) is 0 Å². The molecule has 0 saturated carbocycles. The van der Waals surface area contributed by atoms with Crippen molar-refractivity contribution in [2.45, 2.75) is 6.04 Å². The molecule has 0 spiro atoms. The van der Waals surface area contributed by atoms with Gasteiger partial charge in [0.2, 0.25) is 0 Å². The molecule has 1 atom stereocenters. The third-order valence-corrected chi connectivity index (χ3v) is 3.64. The summed E-state index contributed by atoms with van der Waals surface area (Å²) in [6.45, 7) is 0.517. The monoisotopic (exact) mass is 290 g/mol. The molecule has 2 N–H and O–H groups in total. The summed E-state index contributed by atoms with van der Waals surface area (Å²) in [5.74, 6) is 0.842. The number of nitrogens with two attached hydrogens (primary N) is 1. The van der Waals surface area contributed by atoms with Gasteiger partial charge in [-0.15, -0.1) is 0 Å². The van der Waals surface area contributed by atoms with Crippen LogP contribution < -0.4 is 15.4 Å². The molecule has 20 heavy (non-hydrogen) atoms. The van der Waals surface area contributed by atoms with Crippen LogP contribution in [0.15, 0.2) is 48.5 Å². The highest BCUT2D eigenvalue weighted by Crippen LogP contribution is 2.27. The van der Waals surface area contributed by atoms with Crippen LogP contribution in [0.3, 0.4) is 0 Å². The van der Waals surface area contributed by atoms with Gasteiger partial charge in [-0.2, -0.15) is 0 Å². The second-order valence-corrected chi connectivity index (χ2v) is 5.05. The smallest absolute Gasteiger partial charge is 0.119 e. The standard InChI is InChI=1S/C16H19ClN2O/c1-19(14-6-8-15(20-2)9-7-14)16(11-18)12-4-3-5-13(17)10-12/h3-10,16H,11,18H2,1-2H3. The van der Waals surface area contributed by atoms with Crippen molar-refractivity contribution in [3.05, 3.63) is 59.1 Å². The van der Waals surface area contributed by atoms with E-state index in [9.17, 15) is 0 Å². The molecule has 2 rings (SSSR count). The summed E-state index contributed by atoms with van der Waals surface area (Å²) in [6.07, 6.45) is 0. The van der Waals surface area contributed by atoms with Crippen molar-refractivity contribution < 1.29 is 4.74 Å². The van der Waals surface area contributed by atoms with E-state index in [1.54, 1.807) is 7.11 Å². The van der Waals surface area contributed by atoms with Gasteiger partial charge in [-0.25, -0.2) is 0 Å². The van der Waals surface area contributed by atoms with Crippen LogP contribution in [0.5, 0.6) is 5.75 Å². The Bertz CT molecular complexity index is 557. The number of methoxy groups -OCH3 is 1. The van der Waals surface area contributed by atoms with E-state index in [1.165, 1.54) is 0 Å². The zero-order valence-electron chi connectivity index (χ0n) is 11.7. The summed E-state index contributed by atoms with van der Waals surface area (Å²) in [5, 5.41) is 0.726. The number of hydrogen-bond acceptors (Lipinski definition) is 3. The highest BCUT2D eigenvalue weighted by Gasteiger charge is 2.16. The number of likely N-dealkylation sites (N-methyl/N-ethyl adjacent to an activating group) is 1. The Morgan fingerprint density at radius 2 is 1.90 bits per heavy atom.